The van der Waals surface area contributed by atoms with E-state index in [0.29, 0.717) is 28.2 Å². The van der Waals surface area contributed by atoms with E-state index in [1.807, 2.05) is 18.2 Å². The van der Waals surface area contributed by atoms with Crippen molar-refractivity contribution in [2.75, 3.05) is 0 Å². The van der Waals surface area contributed by atoms with Gasteiger partial charge in [-0.25, -0.2) is 4.85 Å². The van der Waals surface area contributed by atoms with Gasteiger partial charge in [-0.2, -0.15) is 5.26 Å². The number of hydrogen-bond donors (Lipinski definition) is 0. The van der Waals surface area contributed by atoms with Gasteiger partial charge < -0.3 is 9.13 Å². The smallest absolute Gasteiger partial charge is 0.220 e. The molecular weight excluding hydrogens is 1080 g/mol. The van der Waals surface area contributed by atoms with Gasteiger partial charge in [-0.1, -0.05) is 237 Å². The lowest BCUT2D eigenvalue weighted by Gasteiger charge is -2.26. The average Bonchev–Trinajstić information content (AvgIpc) is 1.52. The number of para-hydroxylation sites is 1. The van der Waals surface area contributed by atoms with Crippen LogP contribution >= 0.6 is 22.7 Å². The Bertz CT molecular complexity index is 5520. The van der Waals surface area contributed by atoms with E-state index in [1.54, 1.807) is 22.7 Å². The van der Waals surface area contributed by atoms with Crippen LogP contribution < -0.4 is 0 Å². The fourth-order valence-corrected chi connectivity index (χ4v) is 16.2. The molecule has 13 aromatic carbocycles. The summed E-state index contributed by atoms with van der Waals surface area (Å²) in [6.07, 6.45) is 0. The molecule has 86 heavy (non-hydrogen) atoms. The van der Waals surface area contributed by atoms with Crippen LogP contribution in [-0.2, 0) is 0 Å². The minimum atomic E-state index is 0.390. The molecule has 17 aromatic rings. The second-order valence-corrected chi connectivity index (χ2v) is 24.0. The van der Waals surface area contributed by atoms with Gasteiger partial charge in [0.05, 0.1) is 55.0 Å². The largest absolute Gasteiger partial charge is 0.318 e. The van der Waals surface area contributed by atoms with Crippen molar-refractivity contribution in [3.05, 3.63) is 296 Å². The van der Waals surface area contributed by atoms with E-state index >= 15 is 0 Å². The molecule has 4 heterocycles. The van der Waals surface area contributed by atoms with E-state index in [4.69, 9.17) is 4.85 Å². The summed E-state index contributed by atoms with van der Waals surface area (Å²) in [6.45, 7) is 9.74. The summed E-state index contributed by atoms with van der Waals surface area (Å²) >= 11 is 3.61. The van der Waals surface area contributed by atoms with Gasteiger partial charge in [-0.15, -0.1) is 22.7 Å². The number of nitriles is 1. The highest BCUT2D eigenvalue weighted by Crippen LogP contribution is 2.57. The molecule has 0 saturated heterocycles. The summed E-state index contributed by atoms with van der Waals surface area (Å²) in [7, 11) is 0. The Kier molecular flexibility index (Phi) is 11.4. The Morgan fingerprint density at radius 2 is 0.721 bits per heavy atom. The molecule has 0 aliphatic heterocycles. The molecule has 0 N–H and O–H groups in total. The number of nitrogens with zero attached hydrogens (tertiary/aromatic N) is 4. The summed E-state index contributed by atoms with van der Waals surface area (Å²) in [5.41, 5.74) is 17.9. The second-order valence-electron chi connectivity index (χ2n) is 21.9. The van der Waals surface area contributed by atoms with Gasteiger partial charge in [0.15, 0.2) is 0 Å². The van der Waals surface area contributed by atoms with Crippen LogP contribution in [0.5, 0.6) is 0 Å². The van der Waals surface area contributed by atoms with E-state index in [2.05, 4.69) is 276 Å². The van der Waals surface area contributed by atoms with E-state index in [1.165, 1.54) is 20.2 Å². The van der Waals surface area contributed by atoms with E-state index in [0.717, 1.165) is 125 Å². The Morgan fingerprint density at radius 3 is 1.19 bits per heavy atom. The third kappa shape index (κ3) is 7.38. The first kappa shape index (κ1) is 49.5. The minimum Gasteiger partial charge on any atom is -0.318 e. The van der Waals surface area contributed by atoms with Crippen LogP contribution in [0.15, 0.2) is 279 Å². The fraction of sp³-hybridized carbons (Fsp3) is 0. The van der Waals surface area contributed by atoms with Crippen LogP contribution in [0.2, 0.25) is 0 Å². The van der Waals surface area contributed by atoms with Gasteiger partial charge in [-0.3, -0.25) is 0 Å². The molecule has 0 atom stereocenters. The number of fused-ring (bicyclic) bond motifs is 14. The number of aromatic nitrogens is 2. The van der Waals surface area contributed by atoms with E-state index < -0.39 is 0 Å². The van der Waals surface area contributed by atoms with Crippen molar-refractivity contribution < 1.29 is 0 Å². The van der Waals surface area contributed by atoms with Gasteiger partial charge >= 0.3 is 0 Å². The van der Waals surface area contributed by atoms with Gasteiger partial charge in [0.2, 0.25) is 5.69 Å². The van der Waals surface area contributed by atoms with Crippen molar-refractivity contribution in [2.45, 2.75) is 0 Å². The molecule has 4 nitrogen and oxygen atoms in total. The number of thiophene rings is 2. The first-order valence-electron chi connectivity index (χ1n) is 28.8. The Morgan fingerprint density at radius 1 is 0.337 bits per heavy atom. The van der Waals surface area contributed by atoms with E-state index in [9.17, 15) is 11.8 Å². The normalized spacial score (nSPS) is 11.7. The highest BCUT2D eigenvalue weighted by atomic mass is 32.1. The standard InChI is InChI=1S/C80H46N4S2/c1-82-74-70(53-34-16-6-17-35-53)65(48-81)75(71(54-36-18-7-19-37-54)76(74)83-66-41-23-20-38-55(66)62-44-58(49-26-8-2-9-27-49)59(47-67(62)83)50-28-10-3-11-29-50)84-77-72(60(51-30-12-4-13-31-51)45-63-56-39-21-24-42-68(56)85-79(63)77)73-61(52-32-14-5-15-33-52)46-64-57-40-22-25-43-69(57)86-80(64)78(73)84/h2-47H. The Labute approximate surface area is 503 Å². The third-order valence-corrected chi connectivity index (χ3v) is 19.7. The third-order valence-electron chi connectivity index (χ3n) is 17.4. The van der Waals surface area contributed by atoms with Crippen molar-refractivity contribution in [1.82, 2.24) is 9.13 Å². The summed E-state index contributed by atoms with van der Waals surface area (Å²) < 4.78 is 9.45. The Balaban J connectivity index is 1.19. The predicted molar refractivity (Wildman–Crippen MR) is 364 cm³/mol. The SMILES string of the molecule is [C-]#[N+]c1c(-c2ccccc2)c(C#N)c(-n2c3c4sc5ccccc5c4cc(-c4ccccc4)c3c3c(-c4ccccc4)cc4c5ccccc5sc4c32)c(-c2ccccc2)c1-n1c2ccccc2c2cc(-c3ccccc3)c(-c3ccccc3)cc21. The van der Waals surface area contributed by atoms with Crippen LogP contribution in [0.1, 0.15) is 5.56 Å². The molecular formula is C80H46N4S2. The van der Waals surface area contributed by atoms with Crippen molar-refractivity contribution in [2.24, 2.45) is 0 Å². The molecule has 0 unspecified atom stereocenters. The number of benzene rings is 13. The number of hydrogen-bond acceptors (Lipinski definition) is 3. The molecule has 398 valence electrons. The first-order chi connectivity index (χ1) is 42.6. The maximum Gasteiger partial charge on any atom is 0.220 e. The van der Waals surface area contributed by atoms with Gasteiger partial charge in [0.1, 0.15) is 6.07 Å². The molecule has 6 heteroatoms. The van der Waals surface area contributed by atoms with Gasteiger partial charge in [-0.05, 0) is 98.1 Å². The lowest BCUT2D eigenvalue weighted by molar-refractivity contribution is 1.14. The molecule has 0 aliphatic rings. The number of rotatable bonds is 8. The first-order valence-corrected chi connectivity index (χ1v) is 30.5. The topological polar surface area (TPSA) is 38.0 Å². The van der Waals surface area contributed by atoms with Crippen molar-refractivity contribution in [1.29, 1.82) is 5.26 Å². The second kappa shape index (κ2) is 19.8. The maximum absolute atomic E-state index is 12.7. The molecule has 0 aliphatic carbocycles. The van der Waals surface area contributed by atoms with Crippen LogP contribution in [0, 0.1) is 17.9 Å². The lowest BCUT2D eigenvalue weighted by atomic mass is 9.88. The Hall–Kier alpha value is -11.1. The summed E-state index contributed by atoms with van der Waals surface area (Å²) in [5, 5.41) is 21.6. The molecule has 0 saturated carbocycles. The predicted octanol–water partition coefficient (Wildman–Crippen LogP) is 23.0. The molecule has 0 bridgehead atoms. The highest BCUT2D eigenvalue weighted by Gasteiger charge is 2.35. The lowest BCUT2D eigenvalue weighted by Crippen LogP contribution is -2.09. The minimum absolute atomic E-state index is 0.390. The summed E-state index contributed by atoms with van der Waals surface area (Å²) in [5.74, 6) is 0. The highest BCUT2D eigenvalue weighted by molar-refractivity contribution is 7.27. The zero-order chi connectivity index (χ0) is 57.0. The van der Waals surface area contributed by atoms with E-state index in [-0.39, 0.29) is 0 Å². The van der Waals surface area contributed by atoms with Crippen LogP contribution in [0.4, 0.5) is 5.69 Å². The molecule has 4 aromatic heterocycles. The molecule has 0 amide bonds. The maximum atomic E-state index is 12.7. The van der Waals surface area contributed by atoms with Crippen LogP contribution in [0.3, 0.4) is 0 Å². The molecule has 0 spiro atoms. The van der Waals surface area contributed by atoms with Crippen molar-refractivity contribution in [3.8, 4) is 84.2 Å². The summed E-state index contributed by atoms with van der Waals surface area (Å²) in [6, 6.07) is 102. The monoisotopic (exact) mass is 1130 g/mol. The van der Waals surface area contributed by atoms with Crippen LogP contribution in [-0.4, -0.2) is 9.13 Å². The van der Waals surface area contributed by atoms with Crippen LogP contribution in [0.25, 0.3) is 167 Å². The van der Waals surface area contributed by atoms with Gasteiger partial charge in [0, 0.05) is 63.6 Å². The zero-order valence-corrected chi connectivity index (χ0v) is 47.8. The van der Waals surface area contributed by atoms with Crippen molar-refractivity contribution in [3.63, 3.8) is 0 Å². The summed E-state index contributed by atoms with van der Waals surface area (Å²) in [4.78, 5) is 4.74. The van der Waals surface area contributed by atoms with Crippen molar-refractivity contribution >= 4 is 112 Å². The fourth-order valence-electron chi connectivity index (χ4n) is 13.7. The van der Waals surface area contributed by atoms with Gasteiger partial charge in [0.25, 0.3) is 0 Å². The quantitative estimate of drug-likeness (QED) is 0.140. The zero-order valence-electron chi connectivity index (χ0n) is 46.2. The average molecular weight is 1130 g/mol. The molecule has 17 rings (SSSR count). The molecule has 0 radical (unpaired) electrons. The molecule has 0 fully saturated rings.